The second kappa shape index (κ2) is 7.72. The van der Waals surface area contributed by atoms with Crippen LogP contribution in [0.25, 0.3) is 0 Å². The number of hydrogen-bond acceptors (Lipinski definition) is 3. The van der Waals surface area contributed by atoms with Crippen LogP contribution in [0.5, 0.6) is 0 Å². The van der Waals surface area contributed by atoms with Gasteiger partial charge in [0.05, 0.1) is 0 Å². The summed E-state index contributed by atoms with van der Waals surface area (Å²) in [5, 5.41) is 6.24. The molecular formula is C19H21F2N3O. The summed E-state index contributed by atoms with van der Waals surface area (Å²) in [7, 11) is 0. The van der Waals surface area contributed by atoms with Crippen molar-refractivity contribution in [3.05, 3.63) is 70.8 Å². The molecule has 2 aromatic carbocycles. The van der Waals surface area contributed by atoms with Crippen molar-refractivity contribution in [2.45, 2.75) is 24.9 Å². The van der Waals surface area contributed by atoms with Crippen LogP contribution in [0.1, 0.15) is 33.8 Å². The molecular weight excluding hydrogens is 324 g/mol. The number of halogens is 2. The lowest BCUT2D eigenvalue weighted by Crippen LogP contribution is -2.50. The van der Waals surface area contributed by atoms with Crippen molar-refractivity contribution in [3.63, 3.8) is 0 Å². The molecule has 0 saturated carbocycles. The highest BCUT2D eigenvalue weighted by molar-refractivity contribution is 5.94. The Morgan fingerprint density at radius 2 is 1.92 bits per heavy atom. The zero-order valence-corrected chi connectivity index (χ0v) is 13.8. The zero-order valence-electron chi connectivity index (χ0n) is 13.8. The third-order valence-electron chi connectivity index (χ3n) is 4.62. The first-order valence-corrected chi connectivity index (χ1v) is 8.34. The predicted molar refractivity (Wildman–Crippen MR) is 92.2 cm³/mol. The van der Waals surface area contributed by atoms with Crippen molar-refractivity contribution < 1.29 is 13.6 Å². The fourth-order valence-electron chi connectivity index (χ4n) is 3.20. The molecule has 1 saturated heterocycles. The van der Waals surface area contributed by atoms with Gasteiger partial charge in [-0.1, -0.05) is 18.2 Å². The van der Waals surface area contributed by atoms with Gasteiger partial charge in [-0.25, -0.2) is 8.78 Å². The Labute approximate surface area is 145 Å². The molecule has 1 aliphatic rings. The van der Waals surface area contributed by atoms with Crippen LogP contribution in [0.2, 0.25) is 0 Å². The summed E-state index contributed by atoms with van der Waals surface area (Å²) >= 11 is 0. The summed E-state index contributed by atoms with van der Waals surface area (Å²) < 4.78 is 26.8. The fourth-order valence-corrected chi connectivity index (χ4v) is 3.20. The fraction of sp³-hybridized carbons (Fsp3) is 0.316. The van der Waals surface area contributed by atoms with Gasteiger partial charge in [-0.15, -0.1) is 0 Å². The van der Waals surface area contributed by atoms with Crippen LogP contribution in [-0.2, 0) is 6.54 Å². The summed E-state index contributed by atoms with van der Waals surface area (Å²) in [4.78, 5) is 12.5. The van der Waals surface area contributed by atoms with Crippen LogP contribution in [0, 0.1) is 11.6 Å². The first-order valence-electron chi connectivity index (χ1n) is 8.34. The minimum absolute atomic E-state index is 0.0661. The quantitative estimate of drug-likeness (QED) is 0.797. The standard InChI is InChI=1S/C19H21F2N3O/c20-16-6-5-14(9-17(16)21)15-7-8-23-11-18(15)24-19(25)13-3-1-12(10-22)2-4-13/h1-6,9,15,18,23H,7-8,10-11,22H2,(H,24,25). The van der Waals surface area contributed by atoms with Gasteiger partial charge < -0.3 is 16.4 Å². The molecule has 0 radical (unpaired) electrons. The van der Waals surface area contributed by atoms with Gasteiger partial charge in [-0.05, 0) is 48.4 Å². The smallest absolute Gasteiger partial charge is 0.251 e. The number of nitrogens with two attached hydrogens (primary N) is 1. The summed E-state index contributed by atoms with van der Waals surface area (Å²) in [5.74, 6) is -1.98. The van der Waals surface area contributed by atoms with Crippen molar-refractivity contribution in [1.29, 1.82) is 0 Å². The lowest BCUT2D eigenvalue weighted by Gasteiger charge is -2.33. The van der Waals surface area contributed by atoms with Crippen LogP contribution in [-0.4, -0.2) is 25.0 Å². The topological polar surface area (TPSA) is 67.2 Å². The Morgan fingerprint density at radius 3 is 2.60 bits per heavy atom. The summed E-state index contributed by atoms with van der Waals surface area (Å²) in [6.07, 6.45) is 0.738. The van der Waals surface area contributed by atoms with Crippen molar-refractivity contribution in [3.8, 4) is 0 Å². The third-order valence-corrected chi connectivity index (χ3v) is 4.62. The molecule has 2 atom stereocenters. The van der Waals surface area contributed by atoms with Gasteiger partial charge in [0.15, 0.2) is 11.6 Å². The molecule has 0 aliphatic carbocycles. The van der Waals surface area contributed by atoms with E-state index >= 15 is 0 Å². The van der Waals surface area contributed by atoms with Crippen molar-refractivity contribution in [2.24, 2.45) is 5.73 Å². The maximum absolute atomic E-state index is 13.6. The Kier molecular flexibility index (Phi) is 5.40. The summed E-state index contributed by atoms with van der Waals surface area (Å²) in [5.41, 5.74) is 7.77. The van der Waals surface area contributed by atoms with Crippen molar-refractivity contribution in [2.75, 3.05) is 13.1 Å². The van der Waals surface area contributed by atoms with E-state index in [1.807, 2.05) is 12.1 Å². The summed E-state index contributed by atoms with van der Waals surface area (Å²) in [6.45, 7) is 1.77. The molecule has 6 heteroatoms. The van der Waals surface area contributed by atoms with E-state index in [1.54, 1.807) is 18.2 Å². The number of carbonyl (C=O) groups excluding carboxylic acids is 1. The highest BCUT2D eigenvalue weighted by atomic mass is 19.2. The van der Waals surface area contributed by atoms with Crippen LogP contribution < -0.4 is 16.4 Å². The van der Waals surface area contributed by atoms with Gasteiger partial charge in [0.2, 0.25) is 0 Å². The minimum atomic E-state index is -0.863. The number of rotatable bonds is 4. The molecule has 1 aliphatic heterocycles. The van der Waals surface area contributed by atoms with E-state index in [-0.39, 0.29) is 17.9 Å². The second-order valence-corrected chi connectivity index (χ2v) is 6.25. The van der Waals surface area contributed by atoms with Crippen LogP contribution in [0.15, 0.2) is 42.5 Å². The van der Waals surface area contributed by atoms with Gasteiger partial charge in [0, 0.05) is 30.6 Å². The Balaban J connectivity index is 1.76. The predicted octanol–water partition coefficient (Wildman–Crippen LogP) is 2.30. The Morgan fingerprint density at radius 1 is 1.16 bits per heavy atom. The summed E-state index contributed by atoms with van der Waals surface area (Å²) in [6, 6.07) is 10.9. The molecule has 132 valence electrons. The number of amides is 1. The van der Waals surface area contributed by atoms with Gasteiger partial charge >= 0.3 is 0 Å². The maximum Gasteiger partial charge on any atom is 0.251 e. The van der Waals surface area contributed by atoms with E-state index in [1.165, 1.54) is 6.07 Å². The van der Waals surface area contributed by atoms with E-state index < -0.39 is 11.6 Å². The van der Waals surface area contributed by atoms with E-state index in [2.05, 4.69) is 10.6 Å². The van der Waals surface area contributed by atoms with E-state index in [9.17, 15) is 13.6 Å². The average molecular weight is 345 g/mol. The van der Waals surface area contributed by atoms with Crippen molar-refractivity contribution >= 4 is 5.91 Å². The molecule has 25 heavy (non-hydrogen) atoms. The largest absolute Gasteiger partial charge is 0.347 e. The van der Waals surface area contributed by atoms with Crippen LogP contribution in [0.4, 0.5) is 8.78 Å². The Hall–Kier alpha value is -2.31. The number of nitrogens with one attached hydrogen (secondary N) is 2. The van der Waals surface area contributed by atoms with Crippen LogP contribution >= 0.6 is 0 Å². The molecule has 3 rings (SSSR count). The van der Waals surface area contributed by atoms with Gasteiger partial charge in [-0.2, -0.15) is 0 Å². The molecule has 1 heterocycles. The number of hydrogen-bond donors (Lipinski definition) is 3. The highest BCUT2D eigenvalue weighted by Gasteiger charge is 2.28. The molecule has 0 bridgehead atoms. The molecule has 2 aromatic rings. The van der Waals surface area contributed by atoms with E-state index in [0.29, 0.717) is 24.2 Å². The SMILES string of the molecule is NCc1ccc(C(=O)NC2CNCCC2c2ccc(F)c(F)c2)cc1. The lowest BCUT2D eigenvalue weighted by atomic mass is 9.85. The normalized spacial score (nSPS) is 20.3. The van der Waals surface area contributed by atoms with Crippen LogP contribution in [0.3, 0.4) is 0 Å². The third kappa shape index (κ3) is 4.03. The zero-order chi connectivity index (χ0) is 17.8. The number of carbonyl (C=O) groups is 1. The molecule has 0 aromatic heterocycles. The molecule has 0 spiro atoms. The molecule has 1 fully saturated rings. The molecule has 4 N–H and O–H groups in total. The maximum atomic E-state index is 13.6. The average Bonchev–Trinajstić information content (AvgIpc) is 2.64. The minimum Gasteiger partial charge on any atom is -0.347 e. The molecule has 4 nitrogen and oxygen atoms in total. The van der Waals surface area contributed by atoms with Gasteiger partial charge in [0.1, 0.15) is 0 Å². The first kappa shape index (κ1) is 17.5. The molecule has 1 amide bonds. The molecule has 2 unspecified atom stereocenters. The monoisotopic (exact) mass is 345 g/mol. The van der Waals surface area contributed by atoms with E-state index in [4.69, 9.17) is 5.73 Å². The van der Waals surface area contributed by atoms with Gasteiger partial charge in [-0.3, -0.25) is 4.79 Å². The first-order chi connectivity index (χ1) is 12.1. The number of piperidine rings is 1. The number of benzene rings is 2. The second-order valence-electron chi connectivity index (χ2n) is 6.25. The lowest BCUT2D eigenvalue weighted by molar-refractivity contribution is 0.0924. The highest BCUT2D eigenvalue weighted by Crippen LogP contribution is 2.27. The van der Waals surface area contributed by atoms with Crippen molar-refractivity contribution in [1.82, 2.24) is 10.6 Å². The Bertz CT molecular complexity index is 749. The van der Waals surface area contributed by atoms with Gasteiger partial charge in [0.25, 0.3) is 5.91 Å². The van der Waals surface area contributed by atoms with E-state index in [0.717, 1.165) is 24.6 Å².